The van der Waals surface area contributed by atoms with Gasteiger partial charge in [0.2, 0.25) is 5.88 Å². The van der Waals surface area contributed by atoms with Gasteiger partial charge in [-0.25, -0.2) is 4.79 Å². The second kappa shape index (κ2) is 4.17. The second-order valence-corrected chi connectivity index (χ2v) is 4.07. The van der Waals surface area contributed by atoms with Gasteiger partial charge in [-0.1, -0.05) is 0 Å². The summed E-state index contributed by atoms with van der Waals surface area (Å²) < 4.78 is 6.12. The van der Waals surface area contributed by atoms with E-state index in [1.807, 2.05) is 0 Å². The minimum atomic E-state index is -0.562. The first-order valence-electron chi connectivity index (χ1n) is 4.53. The molecule has 7 heteroatoms. The van der Waals surface area contributed by atoms with E-state index in [1.165, 1.54) is 19.4 Å². The number of halogens is 1. The third-order valence-electron chi connectivity index (χ3n) is 2.12. The number of carbonyl (C=O) groups excluding carboxylic acids is 1. The third kappa shape index (κ3) is 2.01. The van der Waals surface area contributed by atoms with Crippen LogP contribution in [-0.2, 0) is 4.74 Å². The number of aromatic hydroxyl groups is 1. The van der Waals surface area contributed by atoms with E-state index in [4.69, 9.17) is 0 Å². The molecular formula is C10H7BrN2O4. The maximum Gasteiger partial charge on any atom is 0.339 e. The summed E-state index contributed by atoms with van der Waals surface area (Å²) in [6.07, 6.45) is 1.31. The molecular weight excluding hydrogens is 292 g/mol. The summed E-state index contributed by atoms with van der Waals surface area (Å²) in [6, 6.07) is 2.42. The molecule has 0 bridgehead atoms. The van der Waals surface area contributed by atoms with Crippen LogP contribution in [-0.4, -0.2) is 27.6 Å². The average Bonchev–Trinajstić information content (AvgIpc) is 2.29. The van der Waals surface area contributed by atoms with E-state index in [9.17, 15) is 14.7 Å². The average molecular weight is 299 g/mol. The quantitative estimate of drug-likeness (QED) is 0.793. The highest BCUT2D eigenvalue weighted by Gasteiger charge is 2.12. The molecule has 0 fully saturated rings. The van der Waals surface area contributed by atoms with Crippen molar-refractivity contribution < 1.29 is 14.6 Å². The summed E-state index contributed by atoms with van der Waals surface area (Å²) in [5.41, 5.74) is -0.0527. The molecule has 0 unspecified atom stereocenters. The molecule has 2 aromatic rings. The summed E-state index contributed by atoms with van der Waals surface area (Å²) in [4.78, 5) is 26.7. The molecule has 0 saturated carbocycles. The lowest BCUT2D eigenvalue weighted by molar-refractivity contribution is 0.0600. The van der Waals surface area contributed by atoms with E-state index in [2.05, 4.69) is 25.7 Å². The number of methoxy groups -OCH3 is 1. The molecule has 0 aliphatic heterocycles. The van der Waals surface area contributed by atoms with Gasteiger partial charge in [0.15, 0.2) is 5.65 Å². The highest BCUT2D eigenvalue weighted by molar-refractivity contribution is 9.10. The zero-order chi connectivity index (χ0) is 12.6. The highest BCUT2D eigenvalue weighted by atomic mass is 79.9. The third-order valence-corrected chi connectivity index (χ3v) is 2.71. The van der Waals surface area contributed by atoms with Crippen LogP contribution in [0.15, 0.2) is 27.6 Å². The van der Waals surface area contributed by atoms with Crippen LogP contribution in [0.3, 0.4) is 0 Å². The Morgan fingerprint density at radius 2 is 2.24 bits per heavy atom. The van der Waals surface area contributed by atoms with Crippen molar-refractivity contribution in [3.8, 4) is 5.88 Å². The molecule has 6 nitrogen and oxygen atoms in total. The minimum Gasteiger partial charge on any atom is -0.493 e. The largest absolute Gasteiger partial charge is 0.493 e. The molecule has 0 radical (unpaired) electrons. The lowest BCUT2D eigenvalue weighted by Crippen LogP contribution is -2.15. The number of fused-ring (bicyclic) bond motifs is 1. The van der Waals surface area contributed by atoms with Crippen molar-refractivity contribution in [2.45, 2.75) is 0 Å². The Morgan fingerprint density at radius 1 is 1.53 bits per heavy atom. The molecule has 0 aliphatic rings. The smallest absolute Gasteiger partial charge is 0.339 e. The van der Waals surface area contributed by atoms with Gasteiger partial charge in [0, 0.05) is 6.20 Å². The van der Waals surface area contributed by atoms with E-state index in [-0.39, 0.29) is 17.1 Å². The van der Waals surface area contributed by atoms with Gasteiger partial charge in [-0.2, -0.15) is 4.98 Å². The molecule has 2 heterocycles. The number of carbonyl (C=O) groups is 1. The fraction of sp³-hybridized carbons (Fsp3) is 0.100. The summed E-state index contributed by atoms with van der Waals surface area (Å²) in [7, 11) is 1.25. The first-order valence-corrected chi connectivity index (χ1v) is 5.32. The Balaban J connectivity index is 2.82. The van der Waals surface area contributed by atoms with Gasteiger partial charge in [0.05, 0.1) is 23.2 Å². The first-order chi connectivity index (χ1) is 8.02. The van der Waals surface area contributed by atoms with Crippen LogP contribution in [0.4, 0.5) is 0 Å². The number of hydrogen-bond donors (Lipinski definition) is 1. The number of rotatable bonds is 1. The normalized spacial score (nSPS) is 10.5. The van der Waals surface area contributed by atoms with E-state index < -0.39 is 11.5 Å². The monoisotopic (exact) mass is 298 g/mol. The Labute approximate surface area is 104 Å². The highest BCUT2D eigenvalue weighted by Crippen LogP contribution is 2.18. The van der Waals surface area contributed by atoms with Gasteiger partial charge in [-0.3, -0.25) is 9.20 Å². The summed E-state index contributed by atoms with van der Waals surface area (Å²) in [5, 5.41) is 9.22. The first kappa shape index (κ1) is 11.6. The lowest BCUT2D eigenvalue weighted by Gasteiger charge is -2.05. The van der Waals surface area contributed by atoms with Gasteiger partial charge >= 0.3 is 5.97 Å². The summed E-state index contributed by atoms with van der Waals surface area (Å²) in [6.45, 7) is 0. The number of aromatic nitrogens is 2. The zero-order valence-corrected chi connectivity index (χ0v) is 10.3. The van der Waals surface area contributed by atoms with Crippen molar-refractivity contribution in [3.63, 3.8) is 0 Å². The minimum absolute atomic E-state index is 0.210. The van der Waals surface area contributed by atoms with Crippen molar-refractivity contribution in [1.82, 2.24) is 9.38 Å². The van der Waals surface area contributed by atoms with Crippen molar-refractivity contribution in [3.05, 3.63) is 38.7 Å². The summed E-state index contributed by atoms with van der Waals surface area (Å²) >= 11 is 3.17. The number of pyridine rings is 1. The molecule has 17 heavy (non-hydrogen) atoms. The van der Waals surface area contributed by atoms with Crippen LogP contribution in [0.5, 0.6) is 5.88 Å². The second-order valence-electron chi connectivity index (χ2n) is 3.21. The van der Waals surface area contributed by atoms with Crippen molar-refractivity contribution >= 4 is 27.5 Å². The maximum atomic E-state index is 11.6. The SMILES string of the molecule is COC(=O)c1cc(Br)c2nc(O)cc(=O)n2c1. The zero-order valence-electron chi connectivity index (χ0n) is 8.68. The number of nitrogens with zero attached hydrogens (tertiary/aromatic N) is 2. The van der Waals surface area contributed by atoms with E-state index in [1.54, 1.807) is 0 Å². The van der Waals surface area contributed by atoms with Crippen molar-refractivity contribution in [2.75, 3.05) is 7.11 Å². The predicted molar refractivity (Wildman–Crippen MR) is 62.2 cm³/mol. The molecule has 0 amide bonds. The molecule has 88 valence electrons. The van der Waals surface area contributed by atoms with E-state index in [0.29, 0.717) is 4.47 Å². The van der Waals surface area contributed by atoms with Crippen LogP contribution in [0, 0.1) is 0 Å². The number of ether oxygens (including phenoxy) is 1. The van der Waals surface area contributed by atoms with E-state index >= 15 is 0 Å². The topological polar surface area (TPSA) is 80.9 Å². The van der Waals surface area contributed by atoms with Gasteiger partial charge in [0.1, 0.15) is 0 Å². The fourth-order valence-corrected chi connectivity index (χ4v) is 1.91. The van der Waals surface area contributed by atoms with Gasteiger partial charge < -0.3 is 9.84 Å². The van der Waals surface area contributed by atoms with Gasteiger partial charge in [-0.05, 0) is 22.0 Å². The van der Waals surface area contributed by atoms with Crippen LogP contribution in [0.25, 0.3) is 5.65 Å². The number of hydrogen-bond acceptors (Lipinski definition) is 5. The van der Waals surface area contributed by atoms with E-state index in [0.717, 1.165) is 10.5 Å². The van der Waals surface area contributed by atoms with Crippen molar-refractivity contribution in [2.24, 2.45) is 0 Å². The Kier molecular flexibility index (Phi) is 2.84. The predicted octanol–water partition coefficient (Wildman–Crippen LogP) is 0.949. The molecule has 0 atom stereocenters. The Morgan fingerprint density at radius 3 is 2.88 bits per heavy atom. The van der Waals surface area contributed by atoms with Gasteiger partial charge in [-0.15, -0.1) is 0 Å². The standard InChI is InChI=1S/C10H7BrN2O4/c1-17-10(16)5-2-6(11)9-12-7(14)3-8(15)13(9)4-5/h2-4,14H,1H3. The summed E-state index contributed by atoms with van der Waals surface area (Å²) in [5.74, 6) is -0.936. The fourth-order valence-electron chi connectivity index (χ4n) is 1.38. The van der Waals surface area contributed by atoms with Crippen LogP contribution in [0.1, 0.15) is 10.4 Å². The molecule has 0 saturated heterocycles. The lowest BCUT2D eigenvalue weighted by atomic mass is 10.3. The van der Waals surface area contributed by atoms with Crippen molar-refractivity contribution in [1.29, 1.82) is 0 Å². The molecule has 0 aliphatic carbocycles. The van der Waals surface area contributed by atoms with Crippen LogP contribution >= 0.6 is 15.9 Å². The Bertz CT molecular complexity index is 665. The maximum absolute atomic E-state index is 11.6. The number of esters is 1. The van der Waals surface area contributed by atoms with Crippen LogP contribution < -0.4 is 5.56 Å². The Hall–Kier alpha value is -1.89. The van der Waals surface area contributed by atoms with Gasteiger partial charge in [0.25, 0.3) is 5.56 Å². The molecule has 2 aromatic heterocycles. The molecule has 2 rings (SSSR count). The molecule has 1 N–H and O–H groups in total. The molecule has 0 spiro atoms. The molecule has 0 aromatic carbocycles. The van der Waals surface area contributed by atoms with Crippen LogP contribution in [0.2, 0.25) is 0 Å².